The summed E-state index contributed by atoms with van der Waals surface area (Å²) in [6.45, 7) is -0.392. The highest BCUT2D eigenvalue weighted by Gasteiger charge is 2.33. The van der Waals surface area contributed by atoms with Crippen molar-refractivity contribution in [1.82, 2.24) is 20.2 Å². The molecule has 102 valence electrons. The first-order chi connectivity index (χ1) is 9.09. The van der Waals surface area contributed by atoms with Gasteiger partial charge in [-0.25, -0.2) is 0 Å². The van der Waals surface area contributed by atoms with E-state index in [0.29, 0.717) is 12.2 Å². The summed E-state index contributed by atoms with van der Waals surface area (Å²) in [7, 11) is 1.68. The topological polar surface area (TPSA) is 84.1 Å². The van der Waals surface area contributed by atoms with Gasteiger partial charge in [-0.2, -0.15) is 4.80 Å². The van der Waals surface area contributed by atoms with E-state index in [1.165, 1.54) is 4.80 Å². The minimum Gasteiger partial charge on any atom is -0.395 e. The van der Waals surface area contributed by atoms with Crippen molar-refractivity contribution in [1.29, 1.82) is 0 Å². The van der Waals surface area contributed by atoms with Gasteiger partial charge in [0.1, 0.15) is 0 Å². The molecule has 0 radical (unpaired) electrons. The maximum absolute atomic E-state index is 9.73. The number of rotatable bonds is 5. The number of aliphatic hydroxyl groups excluding tert-OH is 2. The Morgan fingerprint density at radius 2 is 2.05 bits per heavy atom. The fourth-order valence-electron chi connectivity index (χ4n) is 1.96. The van der Waals surface area contributed by atoms with E-state index in [0.717, 1.165) is 10.0 Å². The standard InChI is InChI=1S/C12H15BrN4O2/c1-17-15-11(14-16-17)6-12(7-18,8-19)9-3-2-4-10(13)5-9/h2-5,18-19H,6-8H2,1H3. The summed E-state index contributed by atoms with van der Waals surface area (Å²) in [4.78, 5) is 1.36. The maximum Gasteiger partial charge on any atom is 0.175 e. The summed E-state index contributed by atoms with van der Waals surface area (Å²) in [6.07, 6.45) is 0.324. The van der Waals surface area contributed by atoms with Crippen LogP contribution in [0.4, 0.5) is 0 Å². The van der Waals surface area contributed by atoms with Crippen LogP contribution in [0.2, 0.25) is 0 Å². The Bertz CT molecular complexity index is 554. The summed E-state index contributed by atoms with van der Waals surface area (Å²) in [5.74, 6) is 0.491. The summed E-state index contributed by atoms with van der Waals surface area (Å²) in [5, 5.41) is 31.2. The minimum atomic E-state index is -0.813. The summed E-state index contributed by atoms with van der Waals surface area (Å²) < 4.78 is 0.892. The molecule has 1 aromatic heterocycles. The molecule has 0 amide bonds. The number of aryl methyl sites for hydroxylation is 1. The number of aromatic nitrogens is 4. The smallest absolute Gasteiger partial charge is 0.175 e. The van der Waals surface area contributed by atoms with Gasteiger partial charge in [0, 0.05) is 16.3 Å². The van der Waals surface area contributed by atoms with Gasteiger partial charge in [0.25, 0.3) is 0 Å². The molecule has 2 rings (SSSR count). The number of nitrogens with zero attached hydrogens (tertiary/aromatic N) is 4. The number of hydrogen-bond donors (Lipinski definition) is 2. The van der Waals surface area contributed by atoms with Crippen molar-refractivity contribution in [3.05, 3.63) is 40.1 Å². The highest BCUT2D eigenvalue weighted by Crippen LogP contribution is 2.28. The van der Waals surface area contributed by atoms with Crippen molar-refractivity contribution in [2.45, 2.75) is 11.8 Å². The van der Waals surface area contributed by atoms with Crippen LogP contribution in [0.15, 0.2) is 28.7 Å². The molecule has 0 aliphatic carbocycles. The second kappa shape index (κ2) is 5.77. The third-order valence-electron chi connectivity index (χ3n) is 3.09. The van der Waals surface area contributed by atoms with Crippen LogP contribution in [0.25, 0.3) is 0 Å². The van der Waals surface area contributed by atoms with Gasteiger partial charge in [-0.1, -0.05) is 28.1 Å². The molecule has 0 bridgehead atoms. The Morgan fingerprint density at radius 3 is 2.58 bits per heavy atom. The van der Waals surface area contributed by atoms with E-state index in [4.69, 9.17) is 0 Å². The van der Waals surface area contributed by atoms with E-state index in [-0.39, 0.29) is 13.2 Å². The molecule has 0 saturated carbocycles. The Kier molecular flexibility index (Phi) is 4.28. The van der Waals surface area contributed by atoms with E-state index >= 15 is 0 Å². The number of aliphatic hydroxyl groups is 2. The van der Waals surface area contributed by atoms with Gasteiger partial charge in [0.2, 0.25) is 0 Å². The summed E-state index contributed by atoms with van der Waals surface area (Å²) >= 11 is 3.39. The van der Waals surface area contributed by atoms with Crippen LogP contribution in [-0.2, 0) is 18.9 Å². The van der Waals surface area contributed by atoms with Gasteiger partial charge in [-0.3, -0.25) is 0 Å². The van der Waals surface area contributed by atoms with Crippen molar-refractivity contribution in [2.24, 2.45) is 7.05 Å². The number of halogens is 1. The van der Waals surface area contributed by atoms with Crippen LogP contribution in [0, 0.1) is 0 Å². The van der Waals surface area contributed by atoms with Crippen molar-refractivity contribution < 1.29 is 10.2 Å². The molecule has 0 aliphatic rings. The highest BCUT2D eigenvalue weighted by molar-refractivity contribution is 9.10. The molecule has 0 spiro atoms. The van der Waals surface area contributed by atoms with Crippen molar-refractivity contribution in [2.75, 3.05) is 13.2 Å². The minimum absolute atomic E-state index is 0.196. The average Bonchev–Trinajstić information content (AvgIpc) is 2.81. The zero-order valence-electron chi connectivity index (χ0n) is 10.5. The molecule has 19 heavy (non-hydrogen) atoms. The van der Waals surface area contributed by atoms with Gasteiger partial charge >= 0.3 is 0 Å². The largest absolute Gasteiger partial charge is 0.395 e. The van der Waals surface area contributed by atoms with Gasteiger partial charge in [-0.15, -0.1) is 10.2 Å². The predicted molar refractivity (Wildman–Crippen MR) is 72.5 cm³/mol. The average molecular weight is 327 g/mol. The monoisotopic (exact) mass is 326 g/mol. The fourth-order valence-corrected chi connectivity index (χ4v) is 2.36. The van der Waals surface area contributed by atoms with Crippen LogP contribution >= 0.6 is 15.9 Å². The normalized spacial score (nSPS) is 11.8. The molecule has 0 unspecified atom stereocenters. The molecule has 7 heteroatoms. The zero-order valence-corrected chi connectivity index (χ0v) is 12.1. The van der Waals surface area contributed by atoms with Crippen LogP contribution in [0.5, 0.6) is 0 Å². The first kappa shape index (κ1) is 14.1. The molecular weight excluding hydrogens is 312 g/mol. The first-order valence-corrected chi connectivity index (χ1v) is 6.59. The maximum atomic E-state index is 9.73. The molecule has 0 aliphatic heterocycles. The molecule has 1 heterocycles. The zero-order chi connectivity index (χ0) is 13.9. The van der Waals surface area contributed by atoms with E-state index in [1.54, 1.807) is 7.05 Å². The number of tetrazole rings is 1. The van der Waals surface area contributed by atoms with Crippen LogP contribution in [0.3, 0.4) is 0 Å². The van der Waals surface area contributed by atoms with Gasteiger partial charge in [0.15, 0.2) is 5.82 Å². The van der Waals surface area contributed by atoms with Gasteiger partial charge in [0.05, 0.1) is 20.3 Å². The Labute approximate surface area is 119 Å². The van der Waals surface area contributed by atoms with Crippen molar-refractivity contribution in [3.8, 4) is 0 Å². The number of hydrogen-bond acceptors (Lipinski definition) is 5. The molecular formula is C12H15BrN4O2. The van der Waals surface area contributed by atoms with E-state index in [2.05, 4.69) is 31.3 Å². The highest BCUT2D eigenvalue weighted by atomic mass is 79.9. The molecule has 0 atom stereocenters. The Hall–Kier alpha value is -1.31. The lowest BCUT2D eigenvalue weighted by Gasteiger charge is -2.29. The van der Waals surface area contributed by atoms with Crippen LogP contribution in [0.1, 0.15) is 11.4 Å². The van der Waals surface area contributed by atoms with Crippen molar-refractivity contribution in [3.63, 3.8) is 0 Å². The lowest BCUT2D eigenvalue weighted by atomic mass is 9.79. The molecule has 2 N–H and O–H groups in total. The summed E-state index contributed by atoms with van der Waals surface area (Å²) in [6, 6.07) is 7.50. The summed E-state index contributed by atoms with van der Waals surface area (Å²) in [5.41, 5.74) is 0.0200. The second-order valence-corrected chi connectivity index (χ2v) is 5.39. The third-order valence-corrected chi connectivity index (χ3v) is 3.58. The molecule has 1 aromatic carbocycles. The Balaban J connectivity index is 2.37. The Morgan fingerprint density at radius 1 is 1.32 bits per heavy atom. The van der Waals surface area contributed by atoms with E-state index in [1.807, 2.05) is 24.3 Å². The lowest BCUT2D eigenvalue weighted by molar-refractivity contribution is 0.114. The molecule has 6 nitrogen and oxygen atoms in total. The first-order valence-electron chi connectivity index (χ1n) is 5.80. The van der Waals surface area contributed by atoms with E-state index < -0.39 is 5.41 Å². The van der Waals surface area contributed by atoms with Gasteiger partial charge in [-0.05, 0) is 22.9 Å². The fraction of sp³-hybridized carbons (Fsp3) is 0.417. The van der Waals surface area contributed by atoms with Crippen molar-refractivity contribution >= 4 is 15.9 Å². The third kappa shape index (κ3) is 2.99. The quantitative estimate of drug-likeness (QED) is 0.832. The predicted octanol–water partition coefficient (Wildman–Crippen LogP) is 0.438. The van der Waals surface area contributed by atoms with Gasteiger partial charge < -0.3 is 10.2 Å². The number of benzene rings is 1. The van der Waals surface area contributed by atoms with E-state index in [9.17, 15) is 10.2 Å². The molecule has 2 aromatic rings. The van der Waals surface area contributed by atoms with Crippen LogP contribution in [-0.4, -0.2) is 43.6 Å². The molecule has 0 saturated heterocycles. The molecule has 0 fully saturated rings. The lowest BCUT2D eigenvalue weighted by Crippen LogP contribution is -2.37. The van der Waals surface area contributed by atoms with Crippen LogP contribution < -0.4 is 0 Å². The second-order valence-electron chi connectivity index (χ2n) is 4.48. The SMILES string of the molecule is Cn1nnc(CC(CO)(CO)c2cccc(Br)c2)n1.